The number of rotatable bonds is 79. The number of hydrogen-bond donors (Lipinski definition) is 3. The van der Waals surface area contributed by atoms with Gasteiger partial charge in [0.15, 0.2) is 0 Å². The Morgan fingerprint density at radius 2 is 0.549 bits per heavy atom. The van der Waals surface area contributed by atoms with Crippen molar-refractivity contribution in [2.24, 2.45) is 0 Å². The largest absolute Gasteiger partial charge is 0.466 e. The molecule has 0 aliphatic carbocycles. The van der Waals surface area contributed by atoms with Crippen LogP contribution in [0.5, 0.6) is 0 Å². The summed E-state index contributed by atoms with van der Waals surface area (Å²) in [5.74, 6) is -0.0420. The van der Waals surface area contributed by atoms with Gasteiger partial charge in [-0.1, -0.05) is 429 Å². The van der Waals surface area contributed by atoms with Crippen molar-refractivity contribution in [2.75, 3.05) is 13.2 Å². The fourth-order valence-electron chi connectivity index (χ4n) is 13.3. The maximum Gasteiger partial charge on any atom is 0.305 e. The molecule has 91 heavy (non-hydrogen) atoms. The van der Waals surface area contributed by atoms with Gasteiger partial charge in [0.2, 0.25) is 5.91 Å². The molecule has 3 N–H and O–H groups in total. The molecule has 0 aromatic rings. The zero-order valence-electron chi connectivity index (χ0n) is 61.9. The van der Waals surface area contributed by atoms with E-state index in [-0.39, 0.29) is 18.5 Å². The zero-order valence-corrected chi connectivity index (χ0v) is 61.9. The van der Waals surface area contributed by atoms with Gasteiger partial charge in [0.1, 0.15) is 0 Å². The molecule has 538 valence electrons. The molecule has 0 radical (unpaired) electrons. The maximum absolute atomic E-state index is 12.5. The summed E-state index contributed by atoms with van der Waals surface area (Å²) >= 11 is 0. The number of carbonyl (C=O) groups excluding carboxylic acids is 2. The number of nitrogens with one attached hydrogen (secondary N) is 1. The Morgan fingerprint density at radius 1 is 0.308 bits per heavy atom. The van der Waals surface area contributed by atoms with Crippen LogP contribution in [0.3, 0.4) is 0 Å². The molecule has 0 aromatic heterocycles. The molecule has 0 aliphatic rings. The van der Waals surface area contributed by atoms with Gasteiger partial charge in [0, 0.05) is 12.8 Å². The first kappa shape index (κ1) is 89.1. The molecule has 1 amide bonds. The molecular formula is C85H163NO5. The van der Waals surface area contributed by atoms with Crippen molar-refractivity contribution in [3.8, 4) is 0 Å². The average Bonchev–Trinajstić information content (AvgIpc) is 3.74. The Bertz CT molecular complexity index is 1470. The predicted octanol–water partition coefficient (Wildman–Crippen LogP) is 27.8. The highest BCUT2D eigenvalue weighted by atomic mass is 16.5. The van der Waals surface area contributed by atoms with E-state index in [1.165, 1.54) is 392 Å². The highest BCUT2D eigenvalue weighted by molar-refractivity contribution is 5.76. The maximum atomic E-state index is 12.5. The quantitative estimate of drug-likeness (QED) is 0.0320. The molecule has 0 bridgehead atoms. The molecule has 0 spiro atoms. The lowest BCUT2D eigenvalue weighted by atomic mass is 10.0. The molecule has 6 heteroatoms. The van der Waals surface area contributed by atoms with Crippen LogP contribution in [-0.2, 0) is 14.3 Å². The summed E-state index contributed by atoms with van der Waals surface area (Å²) in [4.78, 5) is 24.7. The molecule has 0 fully saturated rings. The van der Waals surface area contributed by atoms with Gasteiger partial charge in [-0.05, 0) is 64.2 Å². The minimum absolute atomic E-state index is 0.0158. The Labute approximate surface area is 570 Å². The molecule has 0 saturated carbocycles. The van der Waals surface area contributed by atoms with E-state index in [9.17, 15) is 19.8 Å². The molecular weight excluding hydrogens is 1110 g/mol. The van der Waals surface area contributed by atoms with Gasteiger partial charge < -0.3 is 20.3 Å². The second-order valence-electron chi connectivity index (χ2n) is 28.8. The number of carbonyl (C=O) groups is 2. The summed E-state index contributed by atoms with van der Waals surface area (Å²) in [5.41, 5.74) is 0. The van der Waals surface area contributed by atoms with E-state index >= 15 is 0 Å². The van der Waals surface area contributed by atoms with Crippen LogP contribution in [0, 0.1) is 0 Å². The van der Waals surface area contributed by atoms with Crippen molar-refractivity contribution in [3.63, 3.8) is 0 Å². The number of aliphatic hydroxyl groups is 2. The molecule has 0 aliphatic heterocycles. The number of ether oxygens (including phenoxy) is 1. The Kier molecular flexibility index (Phi) is 78.8. The van der Waals surface area contributed by atoms with E-state index in [2.05, 4.69) is 43.5 Å². The summed E-state index contributed by atoms with van der Waals surface area (Å²) in [5, 5.41) is 23.3. The normalized spacial score (nSPS) is 12.6. The molecule has 2 unspecified atom stereocenters. The van der Waals surface area contributed by atoms with Crippen molar-refractivity contribution in [2.45, 2.75) is 482 Å². The third-order valence-electron chi connectivity index (χ3n) is 19.7. The second kappa shape index (κ2) is 80.5. The lowest BCUT2D eigenvalue weighted by Crippen LogP contribution is -2.45. The zero-order chi connectivity index (χ0) is 65.6. The summed E-state index contributed by atoms with van der Waals surface area (Å²) in [6, 6.07) is -0.625. The molecule has 0 rings (SSSR count). The number of unbranched alkanes of at least 4 members (excludes halogenated alkanes) is 64. The molecule has 2 atom stereocenters. The summed E-state index contributed by atoms with van der Waals surface area (Å²) in [6.45, 7) is 4.94. The van der Waals surface area contributed by atoms with Gasteiger partial charge in [0.05, 0.1) is 25.4 Å². The van der Waals surface area contributed by atoms with Gasteiger partial charge >= 0.3 is 5.97 Å². The third kappa shape index (κ3) is 77.0. The van der Waals surface area contributed by atoms with Crippen molar-refractivity contribution >= 4 is 11.9 Å². The second-order valence-corrected chi connectivity index (χ2v) is 28.8. The van der Waals surface area contributed by atoms with Crippen LogP contribution in [0.2, 0.25) is 0 Å². The van der Waals surface area contributed by atoms with Crippen LogP contribution in [0.15, 0.2) is 36.5 Å². The van der Waals surface area contributed by atoms with Crippen LogP contribution in [-0.4, -0.2) is 47.4 Å². The van der Waals surface area contributed by atoms with Crippen molar-refractivity contribution in [1.82, 2.24) is 5.32 Å². The molecule has 6 nitrogen and oxygen atoms in total. The van der Waals surface area contributed by atoms with Crippen LogP contribution in [0.25, 0.3) is 0 Å². The minimum Gasteiger partial charge on any atom is -0.466 e. The van der Waals surface area contributed by atoms with Crippen LogP contribution in [0.1, 0.15) is 470 Å². The van der Waals surface area contributed by atoms with Gasteiger partial charge in [-0.3, -0.25) is 9.59 Å². The number of amides is 1. The fraction of sp³-hybridized carbons (Fsp3) is 0.906. The first-order chi connectivity index (χ1) is 45.0. The van der Waals surface area contributed by atoms with Gasteiger partial charge in [0.25, 0.3) is 0 Å². The SMILES string of the molecule is CCCCCC/C=C\C/C=C\CCCCCCCCCC(=O)OCCCCCCCCCCCCCCCCCCCCCCCCCCCCCCCCCCCCCC(=O)NC(CO)C(O)/C=C/CCCCCCCCCCCCCCCCCCCCC. The Morgan fingerprint density at radius 3 is 0.846 bits per heavy atom. The summed E-state index contributed by atoms with van der Waals surface area (Å²) in [6.07, 6.45) is 106. The average molecular weight is 1280 g/mol. The van der Waals surface area contributed by atoms with E-state index in [0.717, 1.165) is 51.4 Å². The third-order valence-corrected chi connectivity index (χ3v) is 19.7. The van der Waals surface area contributed by atoms with Gasteiger partial charge in [-0.2, -0.15) is 0 Å². The van der Waals surface area contributed by atoms with Crippen LogP contribution >= 0.6 is 0 Å². The number of hydrogen-bond acceptors (Lipinski definition) is 5. The Balaban J connectivity index is 3.33. The lowest BCUT2D eigenvalue weighted by molar-refractivity contribution is -0.143. The van der Waals surface area contributed by atoms with Crippen molar-refractivity contribution < 1.29 is 24.5 Å². The highest BCUT2D eigenvalue weighted by Crippen LogP contribution is 2.20. The molecule has 0 saturated heterocycles. The monoisotopic (exact) mass is 1280 g/mol. The van der Waals surface area contributed by atoms with E-state index < -0.39 is 12.1 Å². The van der Waals surface area contributed by atoms with Crippen LogP contribution < -0.4 is 5.32 Å². The summed E-state index contributed by atoms with van der Waals surface area (Å²) < 4.78 is 5.51. The van der Waals surface area contributed by atoms with Gasteiger partial charge in [-0.25, -0.2) is 0 Å². The smallest absolute Gasteiger partial charge is 0.305 e. The number of esters is 1. The number of allylic oxidation sites excluding steroid dienone is 5. The van der Waals surface area contributed by atoms with Crippen molar-refractivity contribution in [1.29, 1.82) is 0 Å². The fourth-order valence-corrected chi connectivity index (χ4v) is 13.3. The molecule has 0 heterocycles. The van der Waals surface area contributed by atoms with Crippen molar-refractivity contribution in [3.05, 3.63) is 36.5 Å². The van der Waals surface area contributed by atoms with E-state index in [0.29, 0.717) is 19.4 Å². The predicted molar refractivity (Wildman–Crippen MR) is 403 cm³/mol. The first-order valence-electron chi connectivity index (χ1n) is 41.8. The minimum atomic E-state index is -0.842. The topological polar surface area (TPSA) is 95.9 Å². The van der Waals surface area contributed by atoms with Gasteiger partial charge in [-0.15, -0.1) is 0 Å². The van der Waals surface area contributed by atoms with Crippen LogP contribution in [0.4, 0.5) is 0 Å². The first-order valence-corrected chi connectivity index (χ1v) is 41.8. The molecule has 0 aromatic carbocycles. The highest BCUT2D eigenvalue weighted by Gasteiger charge is 2.18. The number of aliphatic hydroxyl groups excluding tert-OH is 2. The Hall–Kier alpha value is -1.92. The summed E-state index contributed by atoms with van der Waals surface area (Å²) in [7, 11) is 0. The standard InChI is InChI=1S/C85H163NO5/c1-3-5-7-9-11-13-15-17-19-21-23-39-42-45-49-53-57-61-65-69-73-77-83(88)82(81-87)86-84(89)78-74-70-66-62-58-54-50-46-43-40-37-35-33-31-29-27-25-24-26-28-30-32-34-36-38-41-44-48-52-56-60-64-68-72-76-80-91-85(90)79-75-71-67-63-59-55-51-47-22-20-18-16-14-12-10-8-6-4-2/h14,16,20,22,73,77,82-83,87-88H,3-13,15,17-19,21,23-72,74-76,78-81H2,1-2H3,(H,86,89)/b16-14-,22-20-,77-73+. The van der Waals surface area contributed by atoms with E-state index in [4.69, 9.17) is 4.74 Å². The van der Waals surface area contributed by atoms with E-state index in [1.807, 2.05) is 6.08 Å². The van der Waals surface area contributed by atoms with E-state index in [1.54, 1.807) is 6.08 Å². The lowest BCUT2D eigenvalue weighted by Gasteiger charge is -2.20.